The van der Waals surface area contributed by atoms with Crippen molar-refractivity contribution in [2.24, 2.45) is 5.92 Å². The molecule has 1 aromatic carbocycles. The Labute approximate surface area is 151 Å². The molecule has 0 aliphatic carbocycles. The van der Waals surface area contributed by atoms with Crippen LogP contribution in [0, 0.1) is 5.92 Å². The summed E-state index contributed by atoms with van der Waals surface area (Å²) in [4.78, 5) is 2.73. The lowest BCUT2D eigenvalue weighted by Gasteiger charge is -2.39. The van der Waals surface area contributed by atoms with Crippen molar-refractivity contribution in [1.82, 2.24) is 15.5 Å². The zero-order valence-electron chi connectivity index (χ0n) is 15.1. The summed E-state index contributed by atoms with van der Waals surface area (Å²) in [5, 5.41) is 7.09. The molecule has 1 aromatic rings. The van der Waals surface area contributed by atoms with E-state index in [-0.39, 0.29) is 6.10 Å². The number of benzene rings is 1. The van der Waals surface area contributed by atoms with E-state index < -0.39 is 0 Å². The van der Waals surface area contributed by atoms with Gasteiger partial charge in [-0.15, -0.1) is 0 Å². The number of nitrogens with one attached hydrogen (secondary N) is 2. The Morgan fingerprint density at radius 3 is 2.56 bits per heavy atom. The van der Waals surface area contributed by atoms with E-state index in [0.717, 1.165) is 36.5 Å². The molecule has 3 aliphatic heterocycles. The normalized spacial score (nSPS) is 25.8. The van der Waals surface area contributed by atoms with Crippen molar-refractivity contribution in [3.63, 3.8) is 0 Å². The highest BCUT2D eigenvalue weighted by molar-refractivity contribution is 5.40. The number of para-hydroxylation sites is 2. The van der Waals surface area contributed by atoms with Crippen LogP contribution >= 0.6 is 0 Å². The first-order valence-corrected chi connectivity index (χ1v) is 9.92. The molecule has 2 N–H and O–H groups in total. The number of fused-ring (bicyclic) bond motifs is 1. The van der Waals surface area contributed by atoms with Crippen LogP contribution in [-0.4, -0.2) is 62.9 Å². The first-order chi connectivity index (χ1) is 12.4. The van der Waals surface area contributed by atoms with Gasteiger partial charge in [0.2, 0.25) is 0 Å². The second-order valence-electron chi connectivity index (χ2n) is 7.62. The fourth-order valence-electron chi connectivity index (χ4n) is 4.31. The fourth-order valence-corrected chi connectivity index (χ4v) is 4.31. The highest BCUT2D eigenvalue weighted by Crippen LogP contribution is 2.30. The second-order valence-corrected chi connectivity index (χ2v) is 7.62. The van der Waals surface area contributed by atoms with Gasteiger partial charge >= 0.3 is 0 Å². The Kier molecular flexibility index (Phi) is 5.75. The van der Waals surface area contributed by atoms with E-state index in [0.29, 0.717) is 6.61 Å². The van der Waals surface area contributed by atoms with Gasteiger partial charge in [-0.2, -0.15) is 0 Å². The standard InChI is InChI=1S/C20H31N3O2/c1-2-4-20-19(3-1)24-15-18(25-20)14-22-13-16-7-11-23(12-8-16)17-5-9-21-10-6-17/h1-4,16-18,21-22H,5-15H2. The lowest BCUT2D eigenvalue weighted by atomic mass is 9.93. The minimum absolute atomic E-state index is 0.115. The van der Waals surface area contributed by atoms with Crippen LogP contribution in [0.2, 0.25) is 0 Å². The van der Waals surface area contributed by atoms with Crippen molar-refractivity contribution >= 4 is 0 Å². The SMILES string of the molecule is c1ccc2c(c1)OCC(CNCC1CCN(C3CCNCC3)CC1)O2. The maximum absolute atomic E-state index is 6.02. The molecule has 0 spiro atoms. The van der Waals surface area contributed by atoms with E-state index in [1.165, 1.54) is 51.9 Å². The molecule has 2 saturated heterocycles. The lowest BCUT2D eigenvalue weighted by Crippen LogP contribution is -2.48. The third kappa shape index (κ3) is 4.46. The summed E-state index contributed by atoms with van der Waals surface area (Å²) in [6, 6.07) is 8.75. The zero-order chi connectivity index (χ0) is 16.9. The summed E-state index contributed by atoms with van der Waals surface area (Å²) < 4.78 is 11.8. The third-order valence-electron chi connectivity index (χ3n) is 5.85. The van der Waals surface area contributed by atoms with Crippen LogP contribution in [0.4, 0.5) is 0 Å². The van der Waals surface area contributed by atoms with Crippen LogP contribution in [0.25, 0.3) is 0 Å². The number of rotatable bonds is 5. The van der Waals surface area contributed by atoms with E-state index in [1.807, 2.05) is 24.3 Å². The fraction of sp³-hybridized carbons (Fsp3) is 0.700. The van der Waals surface area contributed by atoms with E-state index in [9.17, 15) is 0 Å². The van der Waals surface area contributed by atoms with Crippen LogP contribution in [0.3, 0.4) is 0 Å². The summed E-state index contributed by atoms with van der Waals surface area (Å²) in [5.74, 6) is 2.54. The summed E-state index contributed by atoms with van der Waals surface area (Å²) in [7, 11) is 0. The van der Waals surface area contributed by atoms with E-state index in [2.05, 4.69) is 15.5 Å². The predicted molar refractivity (Wildman–Crippen MR) is 99.4 cm³/mol. The first kappa shape index (κ1) is 17.1. The zero-order valence-corrected chi connectivity index (χ0v) is 15.1. The number of hydrogen-bond donors (Lipinski definition) is 2. The molecule has 3 aliphatic rings. The molecule has 1 atom stereocenters. The Morgan fingerprint density at radius 2 is 1.76 bits per heavy atom. The monoisotopic (exact) mass is 345 g/mol. The third-order valence-corrected chi connectivity index (χ3v) is 5.85. The summed E-state index contributed by atoms with van der Waals surface area (Å²) >= 11 is 0. The average Bonchev–Trinajstić information content (AvgIpc) is 2.69. The molecule has 5 heteroatoms. The number of piperidine rings is 2. The smallest absolute Gasteiger partial charge is 0.161 e. The molecular formula is C20H31N3O2. The van der Waals surface area contributed by atoms with E-state index in [1.54, 1.807) is 0 Å². The van der Waals surface area contributed by atoms with Crippen molar-refractivity contribution < 1.29 is 9.47 Å². The number of ether oxygens (including phenoxy) is 2. The molecule has 0 amide bonds. The van der Waals surface area contributed by atoms with Gasteiger partial charge in [-0.1, -0.05) is 12.1 Å². The minimum atomic E-state index is 0.115. The molecule has 138 valence electrons. The van der Waals surface area contributed by atoms with Gasteiger partial charge < -0.3 is 25.0 Å². The van der Waals surface area contributed by atoms with Crippen LogP contribution in [-0.2, 0) is 0 Å². The van der Waals surface area contributed by atoms with Crippen LogP contribution < -0.4 is 20.1 Å². The van der Waals surface area contributed by atoms with Crippen LogP contribution in [0.1, 0.15) is 25.7 Å². The Balaban J connectivity index is 1.14. The number of likely N-dealkylation sites (tertiary alicyclic amines) is 1. The molecule has 0 aromatic heterocycles. The van der Waals surface area contributed by atoms with Gasteiger partial charge in [0.25, 0.3) is 0 Å². The largest absolute Gasteiger partial charge is 0.486 e. The molecule has 0 radical (unpaired) electrons. The Bertz CT molecular complexity index is 539. The number of nitrogens with zero attached hydrogens (tertiary/aromatic N) is 1. The van der Waals surface area contributed by atoms with Crippen molar-refractivity contribution in [2.75, 3.05) is 45.9 Å². The number of hydrogen-bond acceptors (Lipinski definition) is 5. The molecule has 0 bridgehead atoms. The first-order valence-electron chi connectivity index (χ1n) is 9.92. The van der Waals surface area contributed by atoms with E-state index >= 15 is 0 Å². The van der Waals surface area contributed by atoms with Gasteiger partial charge in [0.15, 0.2) is 11.5 Å². The molecule has 25 heavy (non-hydrogen) atoms. The van der Waals surface area contributed by atoms with Crippen molar-refractivity contribution in [2.45, 2.75) is 37.8 Å². The highest BCUT2D eigenvalue weighted by atomic mass is 16.6. The topological polar surface area (TPSA) is 45.8 Å². The molecule has 1 unspecified atom stereocenters. The van der Waals surface area contributed by atoms with Crippen molar-refractivity contribution in [3.05, 3.63) is 24.3 Å². The van der Waals surface area contributed by atoms with E-state index in [4.69, 9.17) is 9.47 Å². The summed E-state index contributed by atoms with van der Waals surface area (Å²) in [5.41, 5.74) is 0. The van der Waals surface area contributed by atoms with Gasteiger partial charge in [0, 0.05) is 12.6 Å². The predicted octanol–water partition coefficient (Wildman–Crippen LogP) is 1.88. The van der Waals surface area contributed by atoms with Crippen molar-refractivity contribution in [1.29, 1.82) is 0 Å². The lowest BCUT2D eigenvalue weighted by molar-refractivity contribution is 0.0852. The van der Waals surface area contributed by atoms with Gasteiger partial charge in [-0.3, -0.25) is 0 Å². The molecule has 4 rings (SSSR count). The van der Waals surface area contributed by atoms with Gasteiger partial charge in [-0.05, 0) is 76.5 Å². The quantitative estimate of drug-likeness (QED) is 0.853. The van der Waals surface area contributed by atoms with Crippen molar-refractivity contribution in [3.8, 4) is 11.5 Å². The molecule has 2 fully saturated rings. The Hall–Kier alpha value is -1.30. The maximum atomic E-state index is 6.02. The molecular weight excluding hydrogens is 314 g/mol. The van der Waals surface area contributed by atoms with Crippen LogP contribution in [0.5, 0.6) is 11.5 Å². The minimum Gasteiger partial charge on any atom is -0.486 e. The molecule has 0 saturated carbocycles. The molecule has 5 nitrogen and oxygen atoms in total. The van der Waals surface area contributed by atoms with Crippen LogP contribution in [0.15, 0.2) is 24.3 Å². The second kappa shape index (κ2) is 8.39. The maximum Gasteiger partial charge on any atom is 0.161 e. The van der Waals surface area contributed by atoms with Gasteiger partial charge in [-0.25, -0.2) is 0 Å². The summed E-state index contributed by atoms with van der Waals surface area (Å²) in [6.07, 6.45) is 5.40. The Morgan fingerprint density at radius 1 is 1.00 bits per heavy atom. The van der Waals surface area contributed by atoms with Gasteiger partial charge in [0.05, 0.1) is 0 Å². The summed E-state index contributed by atoms with van der Waals surface area (Å²) in [6.45, 7) is 7.53. The average molecular weight is 345 g/mol. The van der Waals surface area contributed by atoms with Gasteiger partial charge in [0.1, 0.15) is 12.7 Å². The molecule has 3 heterocycles. The highest BCUT2D eigenvalue weighted by Gasteiger charge is 2.26.